The molecule has 0 amide bonds. The predicted molar refractivity (Wildman–Crippen MR) is 139 cm³/mol. The first-order valence-electron chi connectivity index (χ1n) is 12.0. The number of hydrogen-bond acceptors (Lipinski definition) is 13. The van der Waals surface area contributed by atoms with E-state index in [1.165, 1.54) is 13.1 Å². The van der Waals surface area contributed by atoms with E-state index in [4.69, 9.17) is 35.9 Å². The normalized spacial score (nSPS) is 22.4. The molecule has 2 heterocycles. The number of rotatable bonds is 8. The maximum absolute atomic E-state index is 12.9. The molecule has 0 N–H and O–H groups in total. The number of ether oxygens (including phenoxy) is 5. The minimum absolute atomic E-state index is 0.0494. The monoisotopic (exact) mass is 576 g/mol. The molecular formula is C25H28N4O10S. The standard InChI is InChI=1S/C25H28N4O10S/c1-13-23(34)28(26-11-18-9-7-6-8-10-18)25(40)29(27-13)24-22(38-17(5)33)21(37-16(4)32)20(36-15(3)31)19(39-24)12-35-14(2)30/h6-11,19-22,24H,12H2,1-5H3/b26-11+/t19-,20-,21+,22-,24+/m1/s1. The molecule has 0 unspecified atom stereocenters. The van der Waals surface area contributed by atoms with E-state index in [2.05, 4.69) is 10.2 Å². The fraction of sp³-hybridized carbons (Fsp3) is 0.440. The van der Waals surface area contributed by atoms with Crippen LogP contribution in [0, 0.1) is 11.7 Å². The number of carbonyl (C=O) groups excluding carboxylic acids is 4. The van der Waals surface area contributed by atoms with E-state index < -0.39 is 66.7 Å². The molecule has 14 nitrogen and oxygen atoms in total. The van der Waals surface area contributed by atoms with Crippen molar-refractivity contribution in [2.45, 2.75) is 65.3 Å². The Balaban J connectivity index is 2.20. The summed E-state index contributed by atoms with van der Waals surface area (Å²) in [5.74, 6) is -3.03. The van der Waals surface area contributed by atoms with Gasteiger partial charge in [0.25, 0.3) is 5.56 Å². The van der Waals surface area contributed by atoms with Crippen molar-refractivity contribution in [1.82, 2.24) is 14.5 Å². The van der Waals surface area contributed by atoms with Crippen LogP contribution in [0.4, 0.5) is 0 Å². The Morgan fingerprint density at radius 1 is 0.950 bits per heavy atom. The number of esters is 4. The van der Waals surface area contributed by atoms with Crippen molar-refractivity contribution in [2.75, 3.05) is 6.61 Å². The molecule has 1 aromatic heterocycles. The fourth-order valence-electron chi connectivity index (χ4n) is 3.92. The topological polar surface area (TPSA) is 167 Å². The van der Waals surface area contributed by atoms with Gasteiger partial charge in [0.2, 0.25) is 4.77 Å². The van der Waals surface area contributed by atoms with Crippen LogP contribution in [0.2, 0.25) is 0 Å². The Morgan fingerprint density at radius 2 is 1.52 bits per heavy atom. The van der Waals surface area contributed by atoms with Crippen LogP contribution in [-0.2, 0) is 42.9 Å². The molecule has 1 aliphatic heterocycles. The number of benzene rings is 1. The number of carbonyl (C=O) groups is 4. The van der Waals surface area contributed by atoms with Crippen LogP contribution in [-0.4, -0.2) is 75.6 Å². The average molecular weight is 577 g/mol. The molecular weight excluding hydrogens is 548 g/mol. The third kappa shape index (κ3) is 7.45. The summed E-state index contributed by atoms with van der Waals surface area (Å²) in [5.41, 5.74) is 0.00264. The van der Waals surface area contributed by atoms with Gasteiger partial charge in [0.1, 0.15) is 18.4 Å². The lowest BCUT2D eigenvalue weighted by molar-refractivity contribution is -0.271. The highest BCUT2D eigenvalue weighted by Gasteiger charge is 2.53. The lowest BCUT2D eigenvalue weighted by Gasteiger charge is -2.44. The summed E-state index contributed by atoms with van der Waals surface area (Å²) >= 11 is 5.52. The Labute approximate surface area is 233 Å². The molecule has 40 heavy (non-hydrogen) atoms. The highest BCUT2D eigenvalue weighted by atomic mass is 32.1. The van der Waals surface area contributed by atoms with E-state index in [-0.39, 0.29) is 10.5 Å². The van der Waals surface area contributed by atoms with Gasteiger partial charge in [-0.1, -0.05) is 30.3 Å². The van der Waals surface area contributed by atoms with E-state index in [0.29, 0.717) is 5.56 Å². The molecule has 214 valence electrons. The molecule has 0 spiro atoms. The van der Waals surface area contributed by atoms with Crippen molar-refractivity contribution in [3.05, 3.63) is 56.7 Å². The summed E-state index contributed by atoms with van der Waals surface area (Å²) in [4.78, 5) is 60.7. The van der Waals surface area contributed by atoms with Crippen LogP contribution < -0.4 is 5.56 Å². The summed E-state index contributed by atoms with van der Waals surface area (Å²) in [7, 11) is 0. The molecule has 0 saturated carbocycles. The predicted octanol–water partition coefficient (Wildman–Crippen LogP) is 1.22. The van der Waals surface area contributed by atoms with Gasteiger partial charge in [-0.2, -0.15) is 14.9 Å². The molecule has 3 rings (SSSR count). The first-order chi connectivity index (χ1) is 18.9. The average Bonchev–Trinajstić information content (AvgIpc) is 2.87. The van der Waals surface area contributed by atoms with Crippen molar-refractivity contribution in [1.29, 1.82) is 0 Å². The largest absolute Gasteiger partial charge is 0.463 e. The number of hydrogen-bond donors (Lipinski definition) is 0. The number of aromatic nitrogens is 3. The Hall–Kier alpha value is -4.24. The van der Waals surface area contributed by atoms with Gasteiger partial charge in [-0.25, -0.2) is 4.68 Å². The molecule has 1 fully saturated rings. The van der Waals surface area contributed by atoms with E-state index in [9.17, 15) is 24.0 Å². The van der Waals surface area contributed by atoms with Crippen molar-refractivity contribution in [2.24, 2.45) is 5.10 Å². The molecule has 1 saturated heterocycles. The summed E-state index contributed by atoms with van der Waals surface area (Å²) in [6.07, 6.45) is -5.53. The van der Waals surface area contributed by atoms with Crippen LogP contribution in [0.5, 0.6) is 0 Å². The zero-order valence-electron chi connectivity index (χ0n) is 22.3. The van der Waals surface area contributed by atoms with Gasteiger partial charge in [-0.05, 0) is 24.7 Å². The molecule has 0 aliphatic carbocycles. The first kappa shape index (κ1) is 30.3. The maximum Gasteiger partial charge on any atom is 0.303 e. The fourth-order valence-corrected chi connectivity index (χ4v) is 4.19. The van der Waals surface area contributed by atoms with Crippen molar-refractivity contribution < 1.29 is 42.9 Å². The van der Waals surface area contributed by atoms with Crippen LogP contribution in [0.3, 0.4) is 0 Å². The molecule has 0 bridgehead atoms. The quantitative estimate of drug-likeness (QED) is 0.191. The third-order valence-electron chi connectivity index (χ3n) is 5.47. The smallest absolute Gasteiger partial charge is 0.303 e. The van der Waals surface area contributed by atoms with Crippen molar-refractivity contribution in [3.63, 3.8) is 0 Å². The lowest BCUT2D eigenvalue weighted by Crippen LogP contribution is -2.61. The number of nitrogens with zero attached hydrogens (tertiary/aromatic N) is 4. The van der Waals surface area contributed by atoms with Crippen LogP contribution in [0.15, 0.2) is 40.2 Å². The van der Waals surface area contributed by atoms with Gasteiger partial charge < -0.3 is 23.7 Å². The maximum atomic E-state index is 12.9. The van der Waals surface area contributed by atoms with Gasteiger partial charge in [-0.15, -0.1) is 0 Å². The summed E-state index contributed by atoms with van der Waals surface area (Å²) in [6.45, 7) is 5.46. The van der Waals surface area contributed by atoms with E-state index in [1.54, 1.807) is 24.3 Å². The van der Waals surface area contributed by atoms with Gasteiger partial charge >= 0.3 is 23.9 Å². The Morgan fingerprint density at radius 3 is 2.10 bits per heavy atom. The molecule has 2 aromatic rings. The van der Waals surface area contributed by atoms with Gasteiger partial charge in [0.15, 0.2) is 24.5 Å². The molecule has 0 radical (unpaired) electrons. The highest BCUT2D eigenvalue weighted by Crippen LogP contribution is 2.34. The van der Waals surface area contributed by atoms with Crippen molar-refractivity contribution in [3.8, 4) is 0 Å². The number of aryl methyl sites for hydroxylation is 1. The summed E-state index contributed by atoms with van der Waals surface area (Å²) in [6, 6.07) is 8.91. The van der Waals surface area contributed by atoms with Crippen molar-refractivity contribution >= 4 is 42.3 Å². The first-order valence-corrected chi connectivity index (χ1v) is 12.4. The lowest BCUT2D eigenvalue weighted by atomic mass is 9.97. The Kier molecular flexibility index (Phi) is 10.0. The van der Waals surface area contributed by atoms with E-state index in [1.807, 2.05) is 6.07 Å². The molecule has 1 aliphatic rings. The van der Waals surface area contributed by atoms with Crippen LogP contribution in [0.25, 0.3) is 0 Å². The highest BCUT2D eigenvalue weighted by molar-refractivity contribution is 7.71. The van der Waals surface area contributed by atoms with Gasteiger partial charge in [-0.3, -0.25) is 24.0 Å². The van der Waals surface area contributed by atoms with Gasteiger partial charge in [0, 0.05) is 27.7 Å². The second-order valence-electron chi connectivity index (χ2n) is 8.67. The second-order valence-corrected chi connectivity index (χ2v) is 9.04. The SMILES string of the molecule is CC(=O)OC[C@H]1O[C@H](n2nc(C)c(=O)n(/N=C/c3ccccc3)c2=S)[C@H](OC(C)=O)[C@@H](OC(C)=O)[C@@H]1OC(C)=O. The second kappa shape index (κ2) is 13.2. The third-order valence-corrected chi connectivity index (χ3v) is 5.83. The minimum atomic E-state index is -1.47. The molecule has 5 atom stereocenters. The van der Waals surface area contributed by atoms with E-state index >= 15 is 0 Å². The van der Waals surface area contributed by atoms with Crippen LogP contribution >= 0.6 is 12.2 Å². The summed E-state index contributed by atoms with van der Waals surface area (Å²) < 4.78 is 29.2. The zero-order valence-corrected chi connectivity index (χ0v) is 23.2. The minimum Gasteiger partial charge on any atom is -0.463 e. The van der Waals surface area contributed by atoms with Crippen LogP contribution in [0.1, 0.15) is 45.2 Å². The zero-order chi connectivity index (χ0) is 29.6. The van der Waals surface area contributed by atoms with Gasteiger partial charge in [0.05, 0.1) is 6.21 Å². The van der Waals surface area contributed by atoms with E-state index in [0.717, 1.165) is 37.1 Å². The molecule has 15 heteroatoms. The Bertz CT molecular complexity index is 1420. The molecule has 1 aromatic carbocycles. The summed E-state index contributed by atoms with van der Waals surface area (Å²) in [5, 5.41) is 8.44.